The Kier molecular flexibility index (Phi) is 4.29. The van der Waals surface area contributed by atoms with E-state index in [9.17, 15) is 8.42 Å². The van der Waals surface area contributed by atoms with Gasteiger partial charge in [-0.2, -0.15) is 5.26 Å². The molecule has 0 bridgehead atoms. The Morgan fingerprint density at radius 1 is 1.16 bits per heavy atom. The van der Waals surface area contributed by atoms with E-state index in [2.05, 4.69) is 10.3 Å². The highest BCUT2D eigenvalue weighted by molar-refractivity contribution is 7.89. The molecule has 0 saturated heterocycles. The molecule has 2 aromatic rings. The van der Waals surface area contributed by atoms with Gasteiger partial charge in [-0.15, -0.1) is 16.2 Å². The van der Waals surface area contributed by atoms with Crippen LogP contribution in [0.15, 0.2) is 52.7 Å². The highest BCUT2D eigenvalue weighted by atomic mass is 32.2. The number of benzene rings is 1. The SMILES string of the molecule is N#CC(NNS(=O)(=O)c1ccccc1)c1cccs1. The maximum atomic E-state index is 11.9. The summed E-state index contributed by atoms with van der Waals surface area (Å²) < 4.78 is 23.9. The Hall–Kier alpha value is -1.72. The Labute approximate surface area is 115 Å². The van der Waals surface area contributed by atoms with E-state index in [0.717, 1.165) is 4.88 Å². The fourth-order valence-corrected chi connectivity index (χ4v) is 3.04. The summed E-state index contributed by atoms with van der Waals surface area (Å²) in [6.07, 6.45) is 0. The first-order valence-corrected chi connectivity index (χ1v) is 7.75. The number of nitriles is 1. The standard InChI is InChI=1S/C12H11N3O2S2/c13-9-11(12-7-4-8-18-12)14-15-19(16,17)10-5-2-1-3-6-10/h1-8,11,14-15H. The molecule has 0 radical (unpaired) electrons. The van der Waals surface area contributed by atoms with E-state index in [4.69, 9.17) is 5.26 Å². The average Bonchev–Trinajstić information content (AvgIpc) is 2.94. The van der Waals surface area contributed by atoms with Crippen LogP contribution in [0.3, 0.4) is 0 Å². The van der Waals surface area contributed by atoms with Crippen molar-refractivity contribution in [2.75, 3.05) is 0 Å². The quantitative estimate of drug-likeness (QED) is 0.824. The van der Waals surface area contributed by atoms with Crippen molar-refractivity contribution >= 4 is 21.4 Å². The molecule has 1 atom stereocenters. The minimum absolute atomic E-state index is 0.144. The summed E-state index contributed by atoms with van der Waals surface area (Å²) in [6, 6.07) is 12.8. The molecular formula is C12H11N3O2S2. The minimum Gasteiger partial charge on any atom is -0.221 e. The van der Waals surface area contributed by atoms with Crippen LogP contribution in [0.4, 0.5) is 0 Å². The van der Waals surface area contributed by atoms with Gasteiger partial charge in [0.1, 0.15) is 6.04 Å². The first-order valence-electron chi connectivity index (χ1n) is 5.39. The fourth-order valence-electron chi connectivity index (χ4n) is 1.42. The van der Waals surface area contributed by atoms with Gasteiger partial charge in [-0.3, -0.25) is 0 Å². The third-order valence-corrected chi connectivity index (χ3v) is 4.56. The summed E-state index contributed by atoms with van der Waals surface area (Å²) in [7, 11) is -3.66. The van der Waals surface area contributed by atoms with Crippen LogP contribution in [0.2, 0.25) is 0 Å². The second-order valence-electron chi connectivity index (χ2n) is 3.64. The van der Waals surface area contributed by atoms with Crippen molar-refractivity contribution in [2.24, 2.45) is 0 Å². The van der Waals surface area contributed by atoms with E-state index in [1.165, 1.54) is 23.5 Å². The molecular weight excluding hydrogens is 282 g/mol. The van der Waals surface area contributed by atoms with Crippen LogP contribution in [-0.2, 0) is 10.0 Å². The van der Waals surface area contributed by atoms with Crippen molar-refractivity contribution in [2.45, 2.75) is 10.9 Å². The highest BCUT2D eigenvalue weighted by Gasteiger charge is 2.17. The number of hydrogen-bond donors (Lipinski definition) is 2. The van der Waals surface area contributed by atoms with Crippen molar-refractivity contribution in [3.63, 3.8) is 0 Å². The molecule has 0 amide bonds. The predicted molar refractivity (Wildman–Crippen MR) is 72.6 cm³/mol. The molecule has 19 heavy (non-hydrogen) atoms. The lowest BCUT2D eigenvalue weighted by Gasteiger charge is -2.11. The second-order valence-corrected chi connectivity index (χ2v) is 6.30. The fraction of sp³-hybridized carbons (Fsp3) is 0.0833. The average molecular weight is 293 g/mol. The van der Waals surface area contributed by atoms with Gasteiger partial charge in [-0.1, -0.05) is 24.3 Å². The largest absolute Gasteiger partial charge is 0.253 e. The molecule has 1 aromatic heterocycles. The van der Waals surface area contributed by atoms with E-state index in [0.29, 0.717) is 0 Å². The molecule has 7 heteroatoms. The van der Waals surface area contributed by atoms with Crippen molar-refractivity contribution in [3.8, 4) is 6.07 Å². The topological polar surface area (TPSA) is 82.0 Å². The van der Waals surface area contributed by atoms with Gasteiger partial charge in [0.2, 0.25) is 0 Å². The van der Waals surface area contributed by atoms with Crippen LogP contribution in [0.5, 0.6) is 0 Å². The molecule has 1 aromatic carbocycles. The molecule has 1 heterocycles. The number of thiophene rings is 1. The first-order chi connectivity index (χ1) is 9.13. The zero-order chi connectivity index (χ0) is 13.7. The molecule has 98 valence electrons. The summed E-state index contributed by atoms with van der Waals surface area (Å²) in [5, 5.41) is 10.9. The van der Waals surface area contributed by atoms with Crippen molar-refractivity contribution in [3.05, 3.63) is 52.7 Å². The lowest BCUT2D eigenvalue weighted by molar-refractivity contribution is 0.541. The zero-order valence-electron chi connectivity index (χ0n) is 9.78. The van der Waals surface area contributed by atoms with Crippen LogP contribution in [0, 0.1) is 11.3 Å². The molecule has 0 aliphatic carbocycles. The monoisotopic (exact) mass is 293 g/mol. The highest BCUT2D eigenvalue weighted by Crippen LogP contribution is 2.17. The Bertz CT molecular complexity index is 661. The van der Waals surface area contributed by atoms with Crippen LogP contribution >= 0.6 is 11.3 Å². The third kappa shape index (κ3) is 3.39. The van der Waals surface area contributed by atoms with E-state index in [1.54, 1.807) is 30.3 Å². The molecule has 2 rings (SSSR count). The Balaban J connectivity index is 2.08. The van der Waals surface area contributed by atoms with E-state index < -0.39 is 16.1 Å². The number of nitrogens with one attached hydrogen (secondary N) is 2. The number of hydrogen-bond acceptors (Lipinski definition) is 5. The number of sulfonamides is 1. The summed E-state index contributed by atoms with van der Waals surface area (Å²) in [5.74, 6) is 0. The Morgan fingerprint density at radius 3 is 2.47 bits per heavy atom. The molecule has 0 spiro atoms. The van der Waals surface area contributed by atoms with Crippen LogP contribution in [0.1, 0.15) is 10.9 Å². The van der Waals surface area contributed by atoms with Crippen LogP contribution < -0.4 is 10.3 Å². The minimum atomic E-state index is -3.66. The lowest BCUT2D eigenvalue weighted by atomic mass is 10.3. The van der Waals surface area contributed by atoms with Gasteiger partial charge in [0.25, 0.3) is 10.0 Å². The lowest BCUT2D eigenvalue weighted by Crippen LogP contribution is -2.39. The molecule has 2 N–H and O–H groups in total. The van der Waals surface area contributed by atoms with Crippen molar-refractivity contribution in [1.29, 1.82) is 5.26 Å². The van der Waals surface area contributed by atoms with Crippen LogP contribution in [0.25, 0.3) is 0 Å². The van der Waals surface area contributed by atoms with Gasteiger partial charge in [0.15, 0.2) is 0 Å². The summed E-state index contributed by atoms with van der Waals surface area (Å²) in [6.45, 7) is 0. The molecule has 0 aliphatic heterocycles. The molecule has 0 fully saturated rings. The number of hydrazine groups is 1. The maximum absolute atomic E-state index is 11.9. The number of nitrogens with zero attached hydrogens (tertiary/aromatic N) is 1. The van der Waals surface area contributed by atoms with Gasteiger partial charge in [-0.25, -0.2) is 13.8 Å². The van der Waals surface area contributed by atoms with E-state index in [-0.39, 0.29) is 4.90 Å². The summed E-state index contributed by atoms with van der Waals surface area (Å²) >= 11 is 1.38. The normalized spacial score (nSPS) is 12.8. The molecule has 5 nitrogen and oxygen atoms in total. The molecule has 1 unspecified atom stereocenters. The van der Waals surface area contributed by atoms with Crippen LogP contribution in [-0.4, -0.2) is 8.42 Å². The zero-order valence-corrected chi connectivity index (χ0v) is 11.4. The number of rotatable bonds is 5. The molecule has 0 saturated carbocycles. The first kappa shape index (κ1) is 13.7. The van der Waals surface area contributed by atoms with Gasteiger partial charge in [0, 0.05) is 4.88 Å². The molecule has 0 aliphatic rings. The van der Waals surface area contributed by atoms with E-state index in [1.807, 2.05) is 11.4 Å². The van der Waals surface area contributed by atoms with Gasteiger partial charge in [-0.05, 0) is 23.6 Å². The third-order valence-electron chi connectivity index (χ3n) is 2.35. The Morgan fingerprint density at radius 2 is 1.89 bits per heavy atom. The van der Waals surface area contributed by atoms with Crippen molar-refractivity contribution in [1.82, 2.24) is 10.3 Å². The summed E-state index contributed by atoms with van der Waals surface area (Å²) in [4.78, 5) is 3.11. The van der Waals surface area contributed by atoms with Gasteiger partial charge >= 0.3 is 0 Å². The smallest absolute Gasteiger partial charge is 0.221 e. The predicted octanol–water partition coefficient (Wildman–Crippen LogP) is 1.80. The maximum Gasteiger partial charge on any atom is 0.253 e. The van der Waals surface area contributed by atoms with Gasteiger partial charge in [0.05, 0.1) is 11.0 Å². The van der Waals surface area contributed by atoms with Crippen molar-refractivity contribution < 1.29 is 8.42 Å². The summed E-state index contributed by atoms with van der Waals surface area (Å²) in [5.41, 5.74) is 2.52. The van der Waals surface area contributed by atoms with Gasteiger partial charge < -0.3 is 0 Å². The second kappa shape index (κ2) is 5.95. The van der Waals surface area contributed by atoms with E-state index >= 15 is 0 Å².